The molecule has 3 heteroatoms. The van der Waals surface area contributed by atoms with Crippen LogP contribution in [0.2, 0.25) is 0 Å². The molecule has 1 aromatic rings. The number of hydrogen-bond acceptors (Lipinski definition) is 3. The topological polar surface area (TPSA) is 49.7 Å². The van der Waals surface area contributed by atoms with Crippen LogP contribution in [0.3, 0.4) is 0 Å². The third-order valence-corrected chi connectivity index (χ3v) is 2.12. The third-order valence-electron chi connectivity index (χ3n) is 2.12. The largest absolute Gasteiger partial charge is 0.494 e. The van der Waals surface area contributed by atoms with Gasteiger partial charge in [-0.3, -0.25) is 0 Å². The van der Waals surface area contributed by atoms with Gasteiger partial charge in [0, 0.05) is 19.6 Å². The molecule has 0 aliphatic rings. The van der Waals surface area contributed by atoms with Crippen molar-refractivity contribution >= 4 is 0 Å². The fourth-order valence-electron chi connectivity index (χ4n) is 1.29. The van der Waals surface area contributed by atoms with E-state index in [1.807, 2.05) is 24.3 Å². The molecule has 3 nitrogen and oxygen atoms in total. The van der Waals surface area contributed by atoms with Crippen LogP contribution in [0.1, 0.15) is 18.4 Å². The quantitative estimate of drug-likeness (QED) is 0.668. The Bertz CT molecular complexity index is 256. The van der Waals surface area contributed by atoms with Crippen molar-refractivity contribution in [1.82, 2.24) is 0 Å². The predicted octanol–water partition coefficient (Wildman–Crippen LogP) is 1.37. The average molecular weight is 210 g/mol. The maximum atomic E-state index is 8.68. The Balaban J connectivity index is 2.35. The number of aryl methyl sites for hydroxylation is 1. The molecule has 0 radical (unpaired) electrons. The van der Waals surface area contributed by atoms with Crippen molar-refractivity contribution in [1.29, 1.82) is 0 Å². The third kappa shape index (κ3) is 4.81. The van der Waals surface area contributed by atoms with Crippen molar-refractivity contribution in [3.05, 3.63) is 29.8 Å². The first-order valence-corrected chi connectivity index (χ1v) is 5.30. The molecule has 0 amide bonds. The van der Waals surface area contributed by atoms with Gasteiger partial charge in [-0.05, 0) is 30.5 Å². The number of aliphatic hydroxyl groups excluding tert-OH is 2. The second kappa shape index (κ2) is 7.26. The van der Waals surface area contributed by atoms with Gasteiger partial charge < -0.3 is 14.9 Å². The monoisotopic (exact) mass is 210 g/mol. The first kappa shape index (κ1) is 12.0. The van der Waals surface area contributed by atoms with Crippen molar-refractivity contribution < 1.29 is 14.9 Å². The van der Waals surface area contributed by atoms with Crippen LogP contribution in [0.25, 0.3) is 0 Å². The summed E-state index contributed by atoms with van der Waals surface area (Å²) in [6.45, 7) is 0.940. The normalized spacial score (nSPS) is 10.3. The SMILES string of the molecule is OCCCOc1ccc(CCCO)cc1. The highest BCUT2D eigenvalue weighted by Crippen LogP contribution is 2.13. The lowest BCUT2D eigenvalue weighted by Crippen LogP contribution is -1.99. The van der Waals surface area contributed by atoms with Gasteiger partial charge in [0.2, 0.25) is 0 Å². The molecule has 0 atom stereocenters. The molecule has 0 fully saturated rings. The number of benzene rings is 1. The van der Waals surface area contributed by atoms with Crippen LogP contribution in [0.15, 0.2) is 24.3 Å². The van der Waals surface area contributed by atoms with E-state index in [4.69, 9.17) is 14.9 Å². The van der Waals surface area contributed by atoms with Crippen molar-refractivity contribution in [3.63, 3.8) is 0 Å². The molecule has 0 bridgehead atoms. The molecular formula is C12H18O3. The number of aliphatic hydroxyl groups is 2. The van der Waals surface area contributed by atoms with Crippen LogP contribution < -0.4 is 4.74 Å². The zero-order valence-corrected chi connectivity index (χ0v) is 8.85. The van der Waals surface area contributed by atoms with Crippen molar-refractivity contribution in [2.75, 3.05) is 19.8 Å². The number of ether oxygens (including phenoxy) is 1. The van der Waals surface area contributed by atoms with E-state index in [0.29, 0.717) is 13.0 Å². The maximum Gasteiger partial charge on any atom is 0.119 e. The molecule has 15 heavy (non-hydrogen) atoms. The van der Waals surface area contributed by atoms with Crippen LogP contribution in [-0.2, 0) is 6.42 Å². The lowest BCUT2D eigenvalue weighted by Gasteiger charge is -2.05. The van der Waals surface area contributed by atoms with Gasteiger partial charge >= 0.3 is 0 Å². The van der Waals surface area contributed by atoms with Crippen molar-refractivity contribution in [2.24, 2.45) is 0 Å². The van der Waals surface area contributed by atoms with E-state index in [1.165, 1.54) is 5.56 Å². The fourth-order valence-corrected chi connectivity index (χ4v) is 1.29. The van der Waals surface area contributed by atoms with E-state index in [-0.39, 0.29) is 13.2 Å². The highest BCUT2D eigenvalue weighted by Gasteiger charge is 1.95. The Morgan fingerprint density at radius 1 is 0.933 bits per heavy atom. The summed E-state index contributed by atoms with van der Waals surface area (Å²) in [4.78, 5) is 0. The van der Waals surface area contributed by atoms with Gasteiger partial charge in [-0.1, -0.05) is 12.1 Å². The van der Waals surface area contributed by atoms with E-state index in [1.54, 1.807) is 0 Å². The molecule has 0 aliphatic carbocycles. The Hall–Kier alpha value is -1.06. The van der Waals surface area contributed by atoms with Crippen LogP contribution in [-0.4, -0.2) is 30.0 Å². The van der Waals surface area contributed by atoms with Gasteiger partial charge in [0.25, 0.3) is 0 Å². The Morgan fingerprint density at radius 2 is 1.60 bits per heavy atom. The molecule has 0 aromatic heterocycles. The standard InChI is InChI=1S/C12H18O3/c13-8-1-3-11-4-6-12(7-5-11)15-10-2-9-14/h4-7,13-14H,1-3,8-10H2. The van der Waals surface area contributed by atoms with E-state index in [0.717, 1.165) is 18.6 Å². The van der Waals surface area contributed by atoms with Gasteiger partial charge in [-0.25, -0.2) is 0 Å². The predicted molar refractivity (Wildman–Crippen MR) is 59.0 cm³/mol. The average Bonchev–Trinajstić information content (AvgIpc) is 2.28. The van der Waals surface area contributed by atoms with E-state index in [2.05, 4.69) is 0 Å². The molecule has 0 spiro atoms. The summed E-state index contributed by atoms with van der Waals surface area (Å²) in [6, 6.07) is 7.85. The molecular weight excluding hydrogens is 192 g/mol. The summed E-state index contributed by atoms with van der Waals surface area (Å²) in [5.74, 6) is 0.830. The van der Waals surface area contributed by atoms with Crippen molar-refractivity contribution in [2.45, 2.75) is 19.3 Å². The first-order chi connectivity index (χ1) is 7.36. The van der Waals surface area contributed by atoms with Gasteiger partial charge in [-0.15, -0.1) is 0 Å². The molecule has 0 unspecified atom stereocenters. The smallest absolute Gasteiger partial charge is 0.119 e. The zero-order valence-electron chi connectivity index (χ0n) is 8.85. The van der Waals surface area contributed by atoms with Gasteiger partial charge in [-0.2, -0.15) is 0 Å². The Labute approximate surface area is 90.3 Å². The summed E-state index contributed by atoms with van der Waals surface area (Å²) in [5, 5.41) is 17.3. The van der Waals surface area contributed by atoms with Crippen LogP contribution >= 0.6 is 0 Å². The Kier molecular flexibility index (Phi) is 5.81. The molecule has 0 saturated carbocycles. The fraction of sp³-hybridized carbons (Fsp3) is 0.500. The minimum Gasteiger partial charge on any atom is -0.494 e. The molecule has 84 valence electrons. The van der Waals surface area contributed by atoms with Gasteiger partial charge in [0.15, 0.2) is 0 Å². The molecule has 0 aliphatic heterocycles. The van der Waals surface area contributed by atoms with Gasteiger partial charge in [0.05, 0.1) is 6.61 Å². The van der Waals surface area contributed by atoms with Crippen LogP contribution in [0.5, 0.6) is 5.75 Å². The summed E-state index contributed by atoms with van der Waals surface area (Å²) in [5.41, 5.74) is 1.21. The minimum atomic E-state index is 0.161. The minimum absolute atomic E-state index is 0.161. The summed E-state index contributed by atoms with van der Waals surface area (Å²) in [7, 11) is 0. The van der Waals surface area contributed by atoms with E-state index < -0.39 is 0 Å². The summed E-state index contributed by atoms with van der Waals surface area (Å²) in [6.07, 6.45) is 2.35. The summed E-state index contributed by atoms with van der Waals surface area (Å²) < 4.78 is 5.40. The zero-order chi connectivity index (χ0) is 10.9. The highest BCUT2D eigenvalue weighted by molar-refractivity contribution is 5.27. The van der Waals surface area contributed by atoms with Crippen LogP contribution in [0, 0.1) is 0 Å². The van der Waals surface area contributed by atoms with E-state index in [9.17, 15) is 0 Å². The second-order valence-corrected chi connectivity index (χ2v) is 3.40. The van der Waals surface area contributed by atoms with Crippen molar-refractivity contribution in [3.8, 4) is 5.75 Å². The summed E-state index contributed by atoms with van der Waals surface area (Å²) >= 11 is 0. The molecule has 2 N–H and O–H groups in total. The highest BCUT2D eigenvalue weighted by atomic mass is 16.5. The number of rotatable bonds is 7. The number of hydrogen-bond donors (Lipinski definition) is 2. The maximum absolute atomic E-state index is 8.68. The van der Waals surface area contributed by atoms with Gasteiger partial charge in [0.1, 0.15) is 5.75 Å². The molecule has 0 saturated heterocycles. The Morgan fingerprint density at radius 3 is 2.20 bits per heavy atom. The molecule has 1 aromatic carbocycles. The van der Waals surface area contributed by atoms with Crippen LogP contribution in [0.4, 0.5) is 0 Å². The lowest BCUT2D eigenvalue weighted by molar-refractivity contribution is 0.233. The molecule has 1 rings (SSSR count). The lowest BCUT2D eigenvalue weighted by atomic mass is 10.1. The first-order valence-electron chi connectivity index (χ1n) is 5.30. The van der Waals surface area contributed by atoms with E-state index >= 15 is 0 Å². The molecule has 0 heterocycles. The second-order valence-electron chi connectivity index (χ2n) is 3.40.